The van der Waals surface area contributed by atoms with Gasteiger partial charge in [0.05, 0.1) is 11.2 Å². The first kappa shape index (κ1) is 21.1. The summed E-state index contributed by atoms with van der Waals surface area (Å²) in [5.74, 6) is -0.188. The highest BCUT2D eigenvalue weighted by Crippen LogP contribution is 2.45. The van der Waals surface area contributed by atoms with Crippen LogP contribution in [0.2, 0.25) is 0 Å². The zero-order chi connectivity index (χ0) is 20.7. The number of cyclic esters (lactones) is 1. The molecule has 3 rings (SSSR count). The number of esters is 1. The minimum absolute atomic E-state index is 0.0340. The van der Waals surface area contributed by atoms with Gasteiger partial charge in [-0.3, -0.25) is 4.79 Å². The van der Waals surface area contributed by atoms with E-state index in [-0.39, 0.29) is 34.6 Å². The maximum atomic E-state index is 11.6. The molecular weight excluding hydrogens is 355 g/mol. The molecule has 0 bridgehead atoms. The van der Waals surface area contributed by atoms with Gasteiger partial charge in [0, 0.05) is 18.3 Å². The van der Waals surface area contributed by atoms with Gasteiger partial charge in [-0.05, 0) is 51.1 Å². The summed E-state index contributed by atoms with van der Waals surface area (Å²) in [6, 6.07) is 8.08. The smallest absolute Gasteiger partial charge is 0.462 e. The summed E-state index contributed by atoms with van der Waals surface area (Å²) in [4.78, 5) is 23.0. The van der Waals surface area contributed by atoms with Crippen LogP contribution in [-0.2, 0) is 23.6 Å². The third-order valence-corrected chi connectivity index (χ3v) is 6.81. The van der Waals surface area contributed by atoms with Gasteiger partial charge in [0.1, 0.15) is 12.4 Å². The van der Waals surface area contributed by atoms with Gasteiger partial charge in [0.15, 0.2) is 0 Å². The van der Waals surface area contributed by atoms with Crippen LogP contribution in [0.1, 0.15) is 72.3 Å². The Morgan fingerprint density at radius 3 is 2.18 bits per heavy atom. The molecule has 0 saturated carbocycles. The molecule has 2 heterocycles. The fourth-order valence-corrected chi connectivity index (χ4v) is 4.10. The third kappa shape index (κ3) is 3.77. The first-order valence-electron chi connectivity index (χ1n) is 10.1. The lowest BCUT2D eigenvalue weighted by molar-refractivity contribution is -0.146. The number of ether oxygens (including phenoxy) is 1. The molecule has 1 unspecified atom stereocenters. The predicted octanol–water partition coefficient (Wildman–Crippen LogP) is 3.39. The van der Waals surface area contributed by atoms with E-state index in [0.717, 1.165) is 17.3 Å². The highest BCUT2D eigenvalue weighted by molar-refractivity contribution is 6.62. The minimum atomic E-state index is -0.410. The van der Waals surface area contributed by atoms with E-state index in [4.69, 9.17) is 14.0 Å². The van der Waals surface area contributed by atoms with Gasteiger partial charge in [-0.15, -0.1) is 0 Å². The van der Waals surface area contributed by atoms with Crippen molar-refractivity contribution in [3.8, 4) is 0 Å². The van der Waals surface area contributed by atoms with Gasteiger partial charge in [-0.2, -0.15) is 0 Å². The zero-order valence-corrected chi connectivity index (χ0v) is 17.8. The van der Waals surface area contributed by atoms with Crippen molar-refractivity contribution in [3.05, 3.63) is 29.8 Å². The van der Waals surface area contributed by atoms with E-state index < -0.39 is 7.12 Å². The summed E-state index contributed by atoms with van der Waals surface area (Å²) in [6.07, 6.45) is 2.31. The molecule has 0 spiro atoms. The summed E-state index contributed by atoms with van der Waals surface area (Å²) in [7, 11) is -0.410. The molecule has 28 heavy (non-hydrogen) atoms. The fourth-order valence-electron chi connectivity index (χ4n) is 4.10. The molecule has 0 radical (unpaired) electrons. The monoisotopic (exact) mass is 386 g/mol. The van der Waals surface area contributed by atoms with Gasteiger partial charge in [-0.25, -0.2) is 0 Å². The summed E-state index contributed by atoms with van der Waals surface area (Å²) in [6.45, 7) is 12.3. The van der Waals surface area contributed by atoms with Crippen LogP contribution in [0, 0.1) is 5.41 Å². The average Bonchev–Trinajstić information content (AvgIpc) is 3.14. The van der Waals surface area contributed by atoms with Crippen molar-refractivity contribution in [2.24, 2.45) is 5.41 Å². The van der Waals surface area contributed by atoms with Crippen molar-refractivity contribution in [1.82, 2.24) is 0 Å². The summed E-state index contributed by atoms with van der Waals surface area (Å²) in [5.41, 5.74) is 0.909. The number of benzene rings is 1. The maximum absolute atomic E-state index is 11.6. The average molecular weight is 386 g/mol. The molecule has 2 fully saturated rings. The lowest BCUT2D eigenvalue weighted by atomic mass is 9.68. The van der Waals surface area contributed by atoms with Gasteiger partial charge >= 0.3 is 13.1 Å². The van der Waals surface area contributed by atoms with Crippen LogP contribution in [0.4, 0.5) is 0 Å². The molecule has 2 aliphatic heterocycles. The number of carbonyl (C=O) groups excluding carboxylic acids is 2. The molecule has 1 aromatic rings. The lowest BCUT2D eigenvalue weighted by Crippen LogP contribution is -2.41. The fraction of sp³-hybridized carbons (Fsp3) is 0.636. The Morgan fingerprint density at radius 2 is 1.71 bits per heavy atom. The molecule has 2 atom stereocenters. The number of hydrogen-bond donors (Lipinski definition) is 0. The molecule has 2 aliphatic rings. The Bertz CT molecular complexity index is 722. The Balaban J connectivity index is 1.82. The maximum Gasteiger partial charge on any atom is 0.494 e. The molecular formula is C22H31BO5. The zero-order valence-electron chi connectivity index (χ0n) is 17.8. The van der Waals surface area contributed by atoms with Crippen molar-refractivity contribution >= 4 is 24.8 Å². The van der Waals surface area contributed by atoms with Gasteiger partial charge < -0.3 is 18.8 Å². The van der Waals surface area contributed by atoms with Crippen molar-refractivity contribution < 1.29 is 23.6 Å². The van der Waals surface area contributed by atoms with E-state index in [1.54, 1.807) is 0 Å². The van der Waals surface area contributed by atoms with Crippen molar-refractivity contribution in [2.75, 3.05) is 0 Å². The second-order valence-electron chi connectivity index (χ2n) is 9.55. The molecule has 5 nitrogen and oxygen atoms in total. The first-order chi connectivity index (χ1) is 13.0. The Kier molecular flexibility index (Phi) is 5.50. The highest BCUT2D eigenvalue weighted by Gasteiger charge is 2.51. The van der Waals surface area contributed by atoms with Crippen LogP contribution in [0.3, 0.4) is 0 Å². The number of aldehydes is 1. The van der Waals surface area contributed by atoms with Gasteiger partial charge in [-0.1, -0.05) is 38.1 Å². The van der Waals surface area contributed by atoms with Gasteiger partial charge in [0.25, 0.3) is 0 Å². The second kappa shape index (κ2) is 7.31. The van der Waals surface area contributed by atoms with Crippen LogP contribution in [-0.4, -0.2) is 36.7 Å². The van der Waals surface area contributed by atoms with Gasteiger partial charge in [0.2, 0.25) is 0 Å². The normalized spacial score (nSPS) is 24.9. The van der Waals surface area contributed by atoms with Crippen molar-refractivity contribution in [2.45, 2.75) is 84.0 Å². The highest BCUT2D eigenvalue weighted by atomic mass is 16.7. The Hall–Kier alpha value is -1.66. The lowest BCUT2D eigenvalue weighted by Gasteiger charge is -2.38. The minimum Gasteiger partial charge on any atom is -0.462 e. The van der Waals surface area contributed by atoms with Crippen LogP contribution >= 0.6 is 0 Å². The molecule has 152 valence electrons. The molecule has 0 aliphatic carbocycles. The molecule has 0 N–H and O–H groups in total. The number of rotatable bonds is 6. The summed E-state index contributed by atoms with van der Waals surface area (Å²) < 4.78 is 17.8. The number of hydrogen-bond acceptors (Lipinski definition) is 5. The van der Waals surface area contributed by atoms with E-state index in [1.807, 2.05) is 52.0 Å². The second-order valence-corrected chi connectivity index (χ2v) is 9.55. The summed E-state index contributed by atoms with van der Waals surface area (Å²) >= 11 is 0. The van der Waals surface area contributed by atoms with Crippen LogP contribution in [0.25, 0.3) is 0 Å². The van der Waals surface area contributed by atoms with E-state index in [0.29, 0.717) is 19.3 Å². The Labute approximate surface area is 168 Å². The molecule has 0 aromatic heterocycles. The standard InChI is InChI=1S/C22H31BO5/c1-20(2,18-11-12-19(25)26-18)17(13-14-24)15-7-9-16(10-8-15)23-27-21(3,4)22(5,6)28-23/h7-10,14,17-18H,11-13H2,1-6H3/t17-,18?/m0/s1. The van der Waals surface area contributed by atoms with Crippen LogP contribution in [0.15, 0.2) is 24.3 Å². The molecule has 1 aromatic carbocycles. The quantitative estimate of drug-likeness (QED) is 0.426. The SMILES string of the molecule is CC(C)(C1CCC(=O)O1)[C@@H](CC=O)c1ccc(B2OC(C)(C)C(C)(C)O2)cc1. The van der Waals surface area contributed by atoms with E-state index in [1.165, 1.54) is 0 Å². The Morgan fingerprint density at radius 1 is 1.14 bits per heavy atom. The largest absolute Gasteiger partial charge is 0.494 e. The third-order valence-electron chi connectivity index (χ3n) is 6.81. The van der Waals surface area contributed by atoms with Crippen LogP contribution < -0.4 is 5.46 Å². The summed E-state index contributed by atoms with van der Waals surface area (Å²) in [5, 5.41) is 0. The van der Waals surface area contributed by atoms with E-state index in [2.05, 4.69) is 13.8 Å². The molecule has 6 heteroatoms. The topological polar surface area (TPSA) is 61.8 Å². The van der Waals surface area contributed by atoms with Crippen molar-refractivity contribution in [3.63, 3.8) is 0 Å². The number of carbonyl (C=O) groups is 2. The molecule has 0 amide bonds. The predicted molar refractivity (Wildman–Crippen MR) is 108 cm³/mol. The van der Waals surface area contributed by atoms with Crippen molar-refractivity contribution in [1.29, 1.82) is 0 Å². The van der Waals surface area contributed by atoms with E-state index in [9.17, 15) is 9.59 Å². The van der Waals surface area contributed by atoms with Crippen LogP contribution in [0.5, 0.6) is 0 Å². The molecule has 2 saturated heterocycles. The first-order valence-corrected chi connectivity index (χ1v) is 10.1. The van der Waals surface area contributed by atoms with E-state index >= 15 is 0 Å².